The predicted molar refractivity (Wildman–Crippen MR) is 129 cm³/mol. The number of carbonyl (C=O) groups excluding carboxylic acids is 3. The maximum atomic E-state index is 12.4. The summed E-state index contributed by atoms with van der Waals surface area (Å²) < 4.78 is 5.09. The SMILES string of the molecule is CC(C)CNC(=O)c1ccccc1NC(=O)COC(=O)Cc1csc(-c2cccc(Cl)c2)n1. The second kappa shape index (κ2) is 11.6. The van der Waals surface area contributed by atoms with Crippen LogP contribution in [0.5, 0.6) is 0 Å². The van der Waals surface area contributed by atoms with Crippen molar-refractivity contribution in [2.75, 3.05) is 18.5 Å². The summed E-state index contributed by atoms with van der Waals surface area (Å²) in [6.07, 6.45) is -0.0570. The fraction of sp³-hybridized carbons (Fsp3) is 0.250. The average molecular weight is 486 g/mol. The molecule has 2 N–H and O–H groups in total. The number of rotatable bonds is 9. The number of amides is 2. The lowest BCUT2D eigenvalue weighted by Crippen LogP contribution is -2.29. The Bertz CT molecular complexity index is 1150. The monoisotopic (exact) mass is 485 g/mol. The van der Waals surface area contributed by atoms with Gasteiger partial charge in [-0.15, -0.1) is 11.3 Å². The summed E-state index contributed by atoms with van der Waals surface area (Å²) in [6.45, 7) is 4.04. The van der Waals surface area contributed by atoms with Crippen LogP contribution < -0.4 is 10.6 Å². The van der Waals surface area contributed by atoms with Gasteiger partial charge in [0.2, 0.25) is 0 Å². The van der Waals surface area contributed by atoms with E-state index in [1.165, 1.54) is 11.3 Å². The Hall–Kier alpha value is -3.23. The van der Waals surface area contributed by atoms with Gasteiger partial charge in [0.25, 0.3) is 11.8 Å². The molecule has 0 spiro atoms. The fourth-order valence-corrected chi connectivity index (χ4v) is 3.86. The van der Waals surface area contributed by atoms with E-state index in [4.69, 9.17) is 16.3 Å². The van der Waals surface area contributed by atoms with Crippen molar-refractivity contribution in [2.24, 2.45) is 5.92 Å². The topological polar surface area (TPSA) is 97.4 Å². The van der Waals surface area contributed by atoms with Gasteiger partial charge in [0, 0.05) is 22.5 Å². The lowest BCUT2D eigenvalue weighted by molar-refractivity contribution is -0.146. The smallest absolute Gasteiger partial charge is 0.312 e. The number of aromatic nitrogens is 1. The van der Waals surface area contributed by atoms with Crippen molar-refractivity contribution in [2.45, 2.75) is 20.3 Å². The van der Waals surface area contributed by atoms with E-state index in [1.807, 2.05) is 26.0 Å². The minimum absolute atomic E-state index is 0.0570. The summed E-state index contributed by atoms with van der Waals surface area (Å²) in [5.74, 6) is -1.09. The molecule has 0 aliphatic rings. The molecular weight excluding hydrogens is 462 g/mol. The van der Waals surface area contributed by atoms with Gasteiger partial charge in [-0.05, 0) is 30.2 Å². The Labute approximate surface area is 201 Å². The van der Waals surface area contributed by atoms with Crippen LogP contribution in [0.25, 0.3) is 10.6 Å². The highest BCUT2D eigenvalue weighted by Crippen LogP contribution is 2.26. The van der Waals surface area contributed by atoms with Gasteiger partial charge in [0.1, 0.15) is 5.01 Å². The van der Waals surface area contributed by atoms with Crippen LogP contribution in [-0.2, 0) is 20.7 Å². The van der Waals surface area contributed by atoms with Crippen LogP contribution in [0.4, 0.5) is 5.69 Å². The first-order valence-electron chi connectivity index (χ1n) is 10.3. The van der Waals surface area contributed by atoms with Crippen molar-refractivity contribution in [3.63, 3.8) is 0 Å². The van der Waals surface area contributed by atoms with E-state index < -0.39 is 18.5 Å². The molecule has 0 aliphatic carbocycles. The molecule has 0 fully saturated rings. The number of esters is 1. The van der Waals surface area contributed by atoms with Crippen LogP contribution in [0.3, 0.4) is 0 Å². The number of benzene rings is 2. The Kier molecular flexibility index (Phi) is 8.57. The molecule has 33 heavy (non-hydrogen) atoms. The van der Waals surface area contributed by atoms with Crippen LogP contribution in [0, 0.1) is 5.92 Å². The standard InChI is InChI=1S/C24H24ClN3O4S/c1-15(2)12-26-23(31)19-8-3-4-9-20(19)28-21(29)13-32-22(30)11-18-14-33-24(27-18)16-6-5-7-17(25)10-16/h3-10,14-15H,11-13H2,1-2H3,(H,26,31)(H,28,29). The Morgan fingerprint density at radius 3 is 2.67 bits per heavy atom. The summed E-state index contributed by atoms with van der Waals surface area (Å²) in [6, 6.07) is 14.0. The van der Waals surface area contributed by atoms with E-state index in [9.17, 15) is 14.4 Å². The second-order valence-electron chi connectivity index (χ2n) is 7.69. The van der Waals surface area contributed by atoms with Gasteiger partial charge in [-0.2, -0.15) is 0 Å². The fourth-order valence-electron chi connectivity index (χ4n) is 2.86. The Morgan fingerprint density at radius 1 is 1.12 bits per heavy atom. The van der Waals surface area contributed by atoms with Crippen LogP contribution in [-0.4, -0.2) is 35.9 Å². The van der Waals surface area contributed by atoms with Crippen molar-refractivity contribution in [1.82, 2.24) is 10.3 Å². The highest BCUT2D eigenvalue weighted by atomic mass is 35.5. The maximum Gasteiger partial charge on any atom is 0.312 e. The molecule has 7 nitrogen and oxygen atoms in total. The van der Waals surface area contributed by atoms with Crippen LogP contribution >= 0.6 is 22.9 Å². The summed E-state index contributed by atoms with van der Waals surface area (Å²) in [7, 11) is 0. The van der Waals surface area contributed by atoms with Gasteiger partial charge >= 0.3 is 5.97 Å². The number of carbonyl (C=O) groups is 3. The first kappa shape index (κ1) is 24.4. The molecule has 3 aromatic rings. The number of nitrogens with zero attached hydrogens (tertiary/aromatic N) is 1. The minimum Gasteiger partial charge on any atom is -0.455 e. The zero-order valence-electron chi connectivity index (χ0n) is 18.3. The van der Waals surface area contributed by atoms with Gasteiger partial charge in [-0.3, -0.25) is 14.4 Å². The summed E-state index contributed by atoms with van der Waals surface area (Å²) >= 11 is 7.41. The lowest BCUT2D eigenvalue weighted by atomic mass is 10.1. The second-order valence-corrected chi connectivity index (χ2v) is 8.98. The van der Waals surface area contributed by atoms with Gasteiger partial charge in [-0.25, -0.2) is 4.98 Å². The highest BCUT2D eigenvalue weighted by molar-refractivity contribution is 7.13. The first-order chi connectivity index (χ1) is 15.8. The van der Waals surface area contributed by atoms with Gasteiger partial charge in [-0.1, -0.05) is 49.7 Å². The van der Waals surface area contributed by atoms with E-state index in [0.29, 0.717) is 34.4 Å². The molecule has 0 radical (unpaired) electrons. The average Bonchev–Trinajstić information content (AvgIpc) is 3.25. The molecule has 0 aliphatic heterocycles. The number of hydrogen-bond donors (Lipinski definition) is 2. The summed E-state index contributed by atoms with van der Waals surface area (Å²) in [5.41, 5.74) is 2.11. The molecular formula is C24H24ClN3O4S. The molecule has 3 rings (SSSR count). The molecule has 1 heterocycles. The molecule has 2 amide bonds. The summed E-state index contributed by atoms with van der Waals surface area (Å²) in [4.78, 5) is 41.3. The van der Waals surface area contributed by atoms with Gasteiger partial charge in [0.15, 0.2) is 6.61 Å². The molecule has 0 atom stereocenters. The zero-order chi connectivity index (χ0) is 23.8. The van der Waals surface area contributed by atoms with E-state index in [0.717, 1.165) is 10.6 Å². The third kappa shape index (κ3) is 7.40. The van der Waals surface area contributed by atoms with Crippen molar-refractivity contribution in [3.05, 3.63) is 70.2 Å². The van der Waals surface area contributed by atoms with Gasteiger partial charge < -0.3 is 15.4 Å². The van der Waals surface area contributed by atoms with E-state index in [-0.39, 0.29) is 12.3 Å². The molecule has 0 saturated heterocycles. The molecule has 172 valence electrons. The molecule has 0 bridgehead atoms. The van der Waals surface area contributed by atoms with Crippen molar-refractivity contribution in [1.29, 1.82) is 0 Å². The number of ether oxygens (including phenoxy) is 1. The predicted octanol–water partition coefficient (Wildman–Crippen LogP) is 4.57. The molecule has 0 unspecified atom stereocenters. The number of para-hydroxylation sites is 1. The Morgan fingerprint density at radius 2 is 1.91 bits per heavy atom. The van der Waals surface area contributed by atoms with E-state index in [2.05, 4.69) is 15.6 Å². The quantitative estimate of drug-likeness (QED) is 0.432. The first-order valence-corrected chi connectivity index (χ1v) is 11.6. The van der Waals surface area contributed by atoms with Gasteiger partial charge in [0.05, 0.1) is 23.4 Å². The normalized spacial score (nSPS) is 10.7. The molecule has 2 aromatic carbocycles. The maximum absolute atomic E-state index is 12.4. The number of halogens is 1. The number of thiazole rings is 1. The number of nitrogens with one attached hydrogen (secondary N) is 2. The number of hydrogen-bond acceptors (Lipinski definition) is 6. The van der Waals surface area contributed by atoms with E-state index in [1.54, 1.807) is 41.8 Å². The van der Waals surface area contributed by atoms with E-state index >= 15 is 0 Å². The minimum atomic E-state index is -0.573. The third-order valence-electron chi connectivity index (χ3n) is 4.43. The van der Waals surface area contributed by atoms with Crippen LogP contribution in [0.2, 0.25) is 5.02 Å². The summed E-state index contributed by atoms with van der Waals surface area (Å²) in [5, 5.41) is 8.56. The van der Waals surface area contributed by atoms with Crippen molar-refractivity contribution >= 4 is 46.4 Å². The lowest BCUT2D eigenvalue weighted by Gasteiger charge is -2.12. The largest absolute Gasteiger partial charge is 0.455 e. The van der Waals surface area contributed by atoms with Crippen molar-refractivity contribution in [3.8, 4) is 10.6 Å². The van der Waals surface area contributed by atoms with Crippen LogP contribution in [0.15, 0.2) is 53.9 Å². The Balaban J connectivity index is 1.52. The number of anilines is 1. The van der Waals surface area contributed by atoms with Crippen molar-refractivity contribution < 1.29 is 19.1 Å². The zero-order valence-corrected chi connectivity index (χ0v) is 19.8. The molecule has 1 aromatic heterocycles. The third-order valence-corrected chi connectivity index (χ3v) is 5.60. The van der Waals surface area contributed by atoms with Crippen LogP contribution in [0.1, 0.15) is 29.9 Å². The molecule has 9 heteroatoms. The highest BCUT2D eigenvalue weighted by Gasteiger charge is 2.15. The molecule has 0 saturated carbocycles.